The van der Waals surface area contributed by atoms with E-state index in [1.807, 2.05) is 18.3 Å². The summed E-state index contributed by atoms with van der Waals surface area (Å²) in [4.78, 5) is 4.19. The molecule has 106 valence electrons. The predicted molar refractivity (Wildman–Crippen MR) is 81.9 cm³/mol. The lowest BCUT2D eigenvalue weighted by Gasteiger charge is -2.18. The van der Waals surface area contributed by atoms with Crippen LogP contribution in [0.4, 0.5) is 0 Å². The van der Waals surface area contributed by atoms with Crippen LogP contribution in [0.2, 0.25) is 0 Å². The molecule has 2 unspecified atom stereocenters. The Morgan fingerprint density at radius 2 is 2.20 bits per heavy atom. The van der Waals surface area contributed by atoms with Crippen LogP contribution in [0.1, 0.15) is 45.1 Å². The minimum absolute atomic E-state index is 0.460. The maximum absolute atomic E-state index is 5.45. The molecule has 0 radical (unpaired) electrons. The Morgan fingerprint density at radius 1 is 1.30 bits per heavy atom. The molecule has 0 aromatic carbocycles. The molecule has 2 aromatic heterocycles. The maximum Gasteiger partial charge on any atom is 0.195 e. The molecule has 0 aliphatic heterocycles. The Hall–Kier alpha value is -1.49. The second-order valence-electron chi connectivity index (χ2n) is 5.73. The van der Waals surface area contributed by atoms with Crippen LogP contribution < -0.4 is 0 Å². The van der Waals surface area contributed by atoms with E-state index >= 15 is 0 Å². The number of rotatable bonds is 2. The minimum Gasteiger partial charge on any atom is -0.297 e. The summed E-state index contributed by atoms with van der Waals surface area (Å²) in [6.45, 7) is 2.35. The van der Waals surface area contributed by atoms with Crippen LogP contribution in [-0.4, -0.2) is 19.7 Å². The summed E-state index contributed by atoms with van der Waals surface area (Å²) in [7, 11) is 0. The normalized spacial score (nSPS) is 23.4. The van der Waals surface area contributed by atoms with Gasteiger partial charge in [-0.1, -0.05) is 19.8 Å². The van der Waals surface area contributed by atoms with Gasteiger partial charge in [-0.25, -0.2) is 0 Å². The third-order valence-electron chi connectivity index (χ3n) is 4.22. The number of nitrogens with zero attached hydrogens (tertiary/aromatic N) is 3. The van der Waals surface area contributed by atoms with Gasteiger partial charge in [0.1, 0.15) is 0 Å². The average Bonchev–Trinajstić information content (AvgIpc) is 2.72. The van der Waals surface area contributed by atoms with Crippen LogP contribution in [-0.2, 0) is 0 Å². The number of nitrogens with one attached hydrogen (secondary N) is 1. The zero-order valence-electron chi connectivity index (χ0n) is 11.7. The lowest BCUT2D eigenvalue weighted by Crippen LogP contribution is -2.10. The van der Waals surface area contributed by atoms with Crippen LogP contribution in [0.5, 0.6) is 0 Å². The molecule has 2 atom stereocenters. The number of hydrogen-bond donors (Lipinski definition) is 1. The quantitative estimate of drug-likeness (QED) is 0.667. The van der Waals surface area contributed by atoms with Gasteiger partial charge in [0.05, 0.1) is 0 Å². The molecule has 0 saturated heterocycles. The largest absolute Gasteiger partial charge is 0.297 e. The van der Waals surface area contributed by atoms with E-state index in [4.69, 9.17) is 12.2 Å². The van der Waals surface area contributed by atoms with Gasteiger partial charge < -0.3 is 0 Å². The molecule has 0 spiro atoms. The number of pyridine rings is 1. The van der Waals surface area contributed by atoms with Gasteiger partial charge in [0, 0.05) is 24.0 Å². The van der Waals surface area contributed by atoms with Gasteiger partial charge in [-0.3, -0.25) is 14.6 Å². The molecule has 1 saturated carbocycles. The summed E-state index contributed by atoms with van der Waals surface area (Å²) in [5.74, 6) is 1.74. The van der Waals surface area contributed by atoms with Crippen molar-refractivity contribution in [2.45, 2.75) is 45.1 Å². The molecule has 1 N–H and O–H groups in total. The second kappa shape index (κ2) is 5.87. The second-order valence-corrected chi connectivity index (χ2v) is 6.12. The molecule has 20 heavy (non-hydrogen) atoms. The standard InChI is InChI=1S/C15H20N4S/c1-11-4-2-6-13(8-7-11)19-14(17-18-15(19)20)12-5-3-9-16-10-12/h3,5,9-11,13H,2,4,6-8H2,1H3,(H,18,20). The first-order chi connectivity index (χ1) is 9.75. The summed E-state index contributed by atoms with van der Waals surface area (Å²) in [5, 5.41) is 7.37. The number of hydrogen-bond acceptors (Lipinski definition) is 3. The van der Waals surface area contributed by atoms with Gasteiger partial charge in [0.15, 0.2) is 10.6 Å². The zero-order valence-corrected chi connectivity index (χ0v) is 12.6. The Bertz CT molecular complexity index is 616. The van der Waals surface area contributed by atoms with E-state index in [1.54, 1.807) is 6.20 Å². The number of aromatic nitrogens is 4. The molecule has 1 fully saturated rings. The van der Waals surface area contributed by atoms with E-state index in [-0.39, 0.29) is 0 Å². The maximum atomic E-state index is 5.45. The first-order valence-corrected chi connectivity index (χ1v) is 7.74. The van der Waals surface area contributed by atoms with Crippen LogP contribution in [0.15, 0.2) is 24.5 Å². The average molecular weight is 288 g/mol. The Labute approximate surface area is 124 Å². The van der Waals surface area contributed by atoms with E-state index in [1.165, 1.54) is 32.1 Å². The third-order valence-corrected chi connectivity index (χ3v) is 4.50. The van der Waals surface area contributed by atoms with Crippen LogP contribution in [0.25, 0.3) is 11.4 Å². The van der Waals surface area contributed by atoms with Gasteiger partial charge in [-0.15, -0.1) is 0 Å². The zero-order chi connectivity index (χ0) is 13.9. The van der Waals surface area contributed by atoms with Crippen molar-refractivity contribution >= 4 is 12.2 Å². The Balaban J connectivity index is 1.97. The fourth-order valence-electron chi connectivity index (χ4n) is 3.07. The lowest BCUT2D eigenvalue weighted by atomic mass is 10.0. The van der Waals surface area contributed by atoms with E-state index in [2.05, 4.69) is 26.7 Å². The highest BCUT2D eigenvalue weighted by Crippen LogP contribution is 2.33. The Morgan fingerprint density at radius 3 is 3.00 bits per heavy atom. The topological polar surface area (TPSA) is 46.5 Å². The van der Waals surface area contributed by atoms with Crippen molar-refractivity contribution in [2.24, 2.45) is 5.92 Å². The van der Waals surface area contributed by atoms with Crippen molar-refractivity contribution in [2.75, 3.05) is 0 Å². The summed E-state index contributed by atoms with van der Waals surface area (Å²) < 4.78 is 2.92. The van der Waals surface area contributed by atoms with E-state index in [0.29, 0.717) is 6.04 Å². The SMILES string of the molecule is CC1CCCC(n2c(-c3cccnc3)n[nH]c2=S)CC1. The van der Waals surface area contributed by atoms with Gasteiger partial charge in [-0.2, -0.15) is 5.10 Å². The number of H-pyrrole nitrogens is 1. The van der Waals surface area contributed by atoms with E-state index in [9.17, 15) is 0 Å². The fourth-order valence-corrected chi connectivity index (χ4v) is 3.35. The van der Waals surface area contributed by atoms with Crippen molar-refractivity contribution in [3.05, 3.63) is 29.3 Å². The van der Waals surface area contributed by atoms with E-state index < -0.39 is 0 Å². The number of aromatic amines is 1. The van der Waals surface area contributed by atoms with Crippen molar-refractivity contribution in [3.63, 3.8) is 0 Å². The van der Waals surface area contributed by atoms with Gasteiger partial charge in [0.25, 0.3) is 0 Å². The molecule has 1 aliphatic carbocycles. The van der Waals surface area contributed by atoms with E-state index in [0.717, 1.165) is 22.1 Å². The van der Waals surface area contributed by atoms with Crippen molar-refractivity contribution in [3.8, 4) is 11.4 Å². The van der Waals surface area contributed by atoms with Gasteiger partial charge in [-0.05, 0) is 49.5 Å². The first-order valence-electron chi connectivity index (χ1n) is 7.33. The third kappa shape index (κ3) is 2.68. The predicted octanol–water partition coefficient (Wildman–Crippen LogP) is 4.14. The minimum atomic E-state index is 0.460. The van der Waals surface area contributed by atoms with Crippen molar-refractivity contribution in [1.82, 2.24) is 19.7 Å². The fraction of sp³-hybridized carbons (Fsp3) is 0.533. The molecule has 5 heteroatoms. The lowest BCUT2D eigenvalue weighted by molar-refractivity contribution is 0.431. The molecular formula is C15H20N4S. The van der Waals surface area contributed by atoms with Gasteiger partial charge in [0.2, 0.25) is 0 Å². The summed E-state index contributed by atoms with van der Waals surface area (Å²) in [6, 6.07) is 4.43. The highest BCUT2D eigenvalue weighted by atomic mass is 32.1. The van der Waals surface area contributed by atoms with Crippen molar-refractivity contribution < 1.29 is 0 Å². The Kier molecular flexibility index (Phi) is 3.96. The van der Waals surface area contributed by atoms with Crippen LogP contribution >= 0.6 is 12.2 Å². The highest BCUT2D eigenvalue weighted by Gasteiger charge is 2.21. The van der Waals surface area contributed by atoms with Crippen LogP contribution in [0, 0.1) is 10.7 Å². The molecular weight excluding hydrogens is 268 g/mol. The molecule has 0 amide bonds. The summed E-state index contributed by atoms with van der Waals surface area (Å²) in [6.07, 6.45) is 9.86. The highest BCUT2D eigenvalue weighted by molar-refractivity contribution is 7.71. The molecule has 1 aliphatic rings. The monoisotopic (exact) mass is 288 g/mol. The van der Waals surface area contributed by atoms with Crippen molar-refractivity contribution in [1.29, 1.82) is 0 Å². The summed E-state index contributed by atoms with van der Waals surface area (Å²) in [5.41, 5.74) is 1.03. The molecule has 3 rings (SSSR count). The smallest absolute Gasteiger partial charge is 0.195 e. The van der Waals surface area contributed by atoms with Crippen LogP contribution in [0.3, 0.4) is 0 Å². The van der Waals surface area contributed by atoms with Gasteiger partial charge >= 0.3 is 0 Å². The first kappa shape index (κ1) is 13.5. The molecule has 4 nitrogen and oxygen atoms in total. The molecule has 2 aromatic rings. The summed E-state index contributed by atoms with van der Waals surface area (Å²) >= 11 is 5.45. The molecule has 0 bridgehead atoms. The molecule has 2 heterocycles.